The Kier molecular flexibility index (Phi) is 3.69. The second kappa shape index (κ2) is 5.84. The minimum absolute atomic E-state index is 0.155. The van der Waals surface area contributed by atoms with E-state index in [0.717, 1.165) is 17.7 Å². The van der Waals surface area contributed by atoms with Gasteiger partial charge in [-0.2, -0.15) is 13.2 Å². The van der Waals surface area contributed by atoms with Crippen molar-refractivity contribution in [2.24, 2.45) is 4.99 Å². The topological polar surface area (TPSA) is 65.5 Å². The van der Waals surface area contributed by atoms with E-state index in [1.807, 2.05) is 19.1 Å². The van der Waals surface area contributed by atoms with Gasteiger partial charge in [0.25, 0.3) is 5.91 Å². The molecule has 0 spiro atoms. The molecule has 2 N–H and O–H groups in total. The molecule has 7 heteroatoms. The fourth-order valence-electron chi connectivity index (χ4n) is 3.11. The summed E-state index contributed by atoms with van der Waals surface area (Å²) in [6.07, 6.45) is -4.45. The Labute approximate surface area is 152 Å². The van der Waals surface area contributed by atoms with Gasteiger partial charge in [-0.3, -0.25) is 4.79 Å². The van der Waals surface area contributed by atoms with Crippen molar-refractivity contribution in [3.8, 4) is 17.1 Å². The smallest absolute Gasteiger partial charge is 0.416 e. The number of carbonyl (C=O) groups is 1. The van der Waals surface area contributed by atoms with E-state index in [-0.39, 0.29) is 22.7 Å². The Morgan fingerprint density at radius 3 is 2.11 bits per heavy atom. The van der Waals surface area contributed by atoms with Crippen molar-refractivity contribution in [2.45, 2.75) is 13.1 Å². The zero-order chi connectivity index (χ0) is 19.3. The lowest BCUT2D eigenvalue weighted by atomic mass is 9.99. The largest absolute Gasteiger partial charge is 0.494 e. The zero-order valence-electron chi connectivity index (χ0n) is 14.1. The fraction of sp³-hybridized carbons (Fsp3) is 0.100. The highest BCUT2D eigenvalue weighted by molar-refractivity contribution is 6.30. The molecular weight excluding hydrogens is 357 g/mol. The summed E-state index contributed by atoms with van der Waals surface area (Å²) in [6, 6.07) is 11.7. The Morgan fingerprint density at radius 1 is 0.926 bits per heavy atom. The van der Waals surface area contributed by atoms with Gasteiger partial charge in [-0.15, -0.1) is 0 Å². The van der Waals surface area contributed by atoms with Crippen molar-refractivity contribution in [1.29, 1.82) is 0 Å². The molecule has 0 bridgehead atoms. The van der Waals surface area contributed by atoms with Crippen molar-refractivity contribution >= 4 is 11.6 Å². The number of aliphatic imine (C=N–C) groups is 1. The normalized spacial score (nSPS) is 13.6. The summed E-state index contributed by atoms with van der Waals surface area (Å²) in [6.45, 7) is 1.92. The number of amides is 1. The third kappa shape index (κ3) is 2.81. The first-order chi connectivity index (χ1) is 12.8. The quantitative estimate of drug-likeness (QED) is 0.686. The zero-order valence-corrected chi connectivity index (χ0v) is 14.1. The molecule has 0 saturated carbocycles. The molecule has 0 saturated heterocycles. The standard InChI is InChI=1S/C20H13F3N2O2/c1-10-2-4-11(5-3-10)16-14-15(19(27)24-16)17(25-18(14)26)12-6-8-13(9-7-12)20(21,22)23/h2-9,25-26H,1H3. The van der Waals surface area contributed by atoms with Crippen LogP contribution in [0.25, 0.3) is 11.3 Å². The minimum atomic E-state index is -4.45. The highest BCUT2D eigenvalue weighted by Gasteiger charge is 2.34. The summed E-state index contributed by atoms with van der Waals surface area (Å²) in [4.78, 5) is 19.2. The molecule has 136 valence electrons. The van der Waals surface area contributed by atoms with E-state index in [4.69, 9.17) is 0 Å². The molecule has 0 unspecified atom stereocenters. The number of carbonyl (C=O) groups excluding carboxylic acids is 1. The summed E-state index contributed by atoms with van der Waals surface area (Å²) in [5, 5.41) is 10.3. The maximum absolute atomic E-state index is 12.8. The number of benzene rings is 2. The number of nitrogens with zero attached hydrogens (tertiary/aromatic N) is 1. The first-order valence-corrected chi connectivity index (χ1v) is 8.08. The van der Waals surface area contributed by atoms with Crippen molar-refractivity contribution in [1.82, 2.24) is 4.98 Å². The van der Waals surface area contributed by atoms with E-state index in [9.17, 15) is 23.1 Å². The van der Waals surface area contributed by atoms with Crippen LogP contribution in [0.2, 0.25) is 0 Å². The summed E-state index contributed by atoms with van der Waals surface area (Å²) < 4.78 is 38.3. The number of aromatic amines is 1. The van der Waals surface area contributed by atoms with Gasteiger partial charge < -0.3 is 10.1 Å². The van der Waals surface area contributed by atoms with Gasteiger partial charge in [0.05, 0.1) is 28.1 Å². The average molecular weight is 370 g/mol. The van der Waals surface area contributed by atoms with Crippen LogP contribution in [0.5, 0.6) is 5.88 Å². The van der Waals surface area contributed by atoms with E-state index in [1.165, 1.54) is 12.1 Å². The van der Waals surface area contributed by atoms with Crippen LogP contribution in [-0.2, 0) is 6.18 Å². The van der Waals surface area contributed by atoms with Crippen LogP contribution in [-0.4, -0.2) is 21.7 Å². The molecule has 1 aliphatic heterocycles. The van der Waals surface area contributed by atoms with Gasteiger partial charge in [0.15, 0.2) is 5.88 Å². The Hall–Kier alpha value is -3.35. The molecule has 0 atom stereocenters. The van der Waals surface area contributed by atoms with E-state index >= 15 is 0 Å². The first kappa shape index (κ1) is 17.1. The number of H-pyrrole nitrogens is 1. The van der Waals surface area contributed by atoms with Crippen molar-refractivity contribution in [3.05, 3.63) is 76.3 Å². The predicted molar refractivity (Wildman–Crippen MR) is 94.0 cm³/mol. The summed E-state index contributed by atoms with van der Waals surface area (Å²) in [5.41, 5.74) is 2.26. The third-order valence-corrected chi connectivity index (χ3v) is 4.47. The predicted octanol–water partition coefficient (Wildman–Crippen LogP) is 4.71. The second-order valence-corrected chi connectivity index (χ2v) is 6.31. The van der Waals surface area contributed by atoms with Crippen molar-refractivity contribution < 1.29 is 23.1 Å². The van der Waals surface area contributed by atoms with E-state index in [0.29, 0.717) is 16.8 Å². The molecule has 2 aromatic carbocycles. The van der Waals surface area contributed by atoms with Gasteiger partial charge in [-0.25, -0.2) is 4.99 Å². The highest BCUT2D eigenvalue weighted by Crippen LogP contribution is 2.39. The molecule has 2 heterocycles. The van der Waals surface area contributed by atoms with Crippen LogP contribution < -0.4 is 0 Å². The monoisotopic (exact) mass is 370 g/mol. The van der Waals surface area contributed by atoms with Crippen LogP contribution in [0.15, 0.2) is 53.5 Å². The summed E-state index contributed by atoms with van der Waals surface area (Å²) in [7, 11) is 0. The number of aromatic nitrogens is 1. The molecule has 0 fully saturated rings. The Balaban J connectivity index is 1.80. The number of rotatable bonds is 2. The first-order valence-electron chi connectivity index (χ1n) is 8.08. The van der Waals surface area contributed by atoms with Crippen LogP contribution in [0.1, 0.15) is 32.6 Å². The average Bonchev–Trinajstić information content (AvgIpc) is 3.14. The van der Waals surface area contributed by atoms with E-state index in [2.05, 4.69) is 9.98 Å². The van der Waals surface area contributed by atoms with E-state index in [1.54, 1.807) is 12.1 Å². The fourth-order valence-corrected chi connectivity index (χ4v) is 3.11. The highest BCUT2D eigenvalue weighted by atomic mass is 19.4. The molecule has 1 amide bonds. The van der Waals surface area contributed by atoms with Crippen LogP contribution in [0.4, 0.5) is 13.2 Å². The number of hydrogen-bond donors (Lipinski definition) is 2. The number of nitrogens with one attached hydrogen (secondary N) is 1. The number of hydrogen-bond acceptors (Lipinski definition) is 2. The number of aryl methyl sites for hydroxylation is 1. The molecule has 27 heavy (non-hydrogen) atoms. The molecule has 0 radical (unpaired) electrons. The summed E-state index contributed by atoms with van der Waals surface area (Å²) >= 11 is 0. The van der Waals surface area contributed by atoms with Gasteiger partial charge >= 0.3 is 6.18 Å². The molecule has 4 nitrogen and oxygen atoms in total. The lowest BCUT2D eigenvalue weighted by Crippen LogP contribution is -2.04. The molecule has 1 aromatic heterocycles. The second-order valence-electron chi connectivity index (χ2n) is 6.31. The molecule has 1 aliphatic rings. The van der Waals surface area contributed by atoms with Crippen molar-refractivity contribution in [3.63, 3.8) is 0 Å². The molecule has 0 aliphatic carbocycles. The lowest BCUT2D eigenvalue weighted by molar-refractivity contribution is -0.137. The van der Waals surface area contributed by atoms with Crippen molar-refractivity contribution in [2.75, 3.05) is 0 Å². The molecule has 3 aromatic rings. The summed E-state index contributed by atoms with van der Waals surface area (Å²) in [5.74, 6) is -0.794. The maximum atomic E-state index is 12.8. The molecule has 4 rings (SSSR count). The maximum Gasteiger partial charge on any atom is 0.416 e. The van der Waals surface area contributed by atoms with Gasteiger partial charge in [0.1, 0.15) is 0 Å². The number of halogens is 3. The third-order valence-electron chi connectivity index (χ3n) is 4.47. The SMILES string of the molecule is Cc1ccc(C2=NC(=O)c3c(-c4ccc(C(F)(F)F)cc4)[nH]c(O)c32)cc1. The van der Waals surface area contributed by atoms with Crippen LogP contribution in [0, 0.1) is 6.92 Å². The lowest BCUT2D eigenvalue weighted by Gasteiger charge is -2.07. The van der Waals surface area contributed by atoms with Gasteiger partial charge in [0.2, 0.25) is 0 Å². The van der Waals surface area contributed by atoms with Gasteiger partial charge in [0, 0.05) is 5.56 Å². The van der Waals surface area contributed by atoms with E-state index < -0.39 is 17.6 Å². The minimum Gasteiger partial charge on any atom is -0.494 e. The van der Waals surface area contributed by atoms with Crippen LogP contribution in [0.3, 0.4) is 0 Å². The van der Waals surface area contributed by atoms with Gasteiger partial charge in [-0.1, -0.05) is 42.0 Å². The number of alkyl halides is 3. The molecular formula is C20H13F3N2O2. The number of aromatic hydroxyl groups is 1. The Bertz CT molecular complexity index is 1080. The van der Waals surface area contributed by atoms with Gasteiger partial charge in [-0.05, 0) is 24.6 Å². The van der Waals surface area contributed by atoms with Crippen LogP contribution >= 0.6 is 0 Å². The number of fused-ring (bicyclic) bond motifs is 1. The Morgan fingerprint density at radius 2 is 1.52 bits per heavy atom.